The number of anilines is 2. The molecule has 1 aromatic carbocycles. The number of nitrogens with one attached hydrogen (secondary N) is 2. The van der Waals surface area contributed by atoms with Crippen LogP contribution in [-0.2, 0) is 14.3 Å². The van der Waals surface area contributed by atoms with Crippen molar-refractivity contribution in [1.29, 1.82) is 0 Å². The molecule has 1 atom stereocenters. The van der Waals surface area contributed by atoms with E-state index in [2.05, 4.69) is 15.5 Å². The summed E-state index contributed by atoms with van der Waals surface area (Å²) in [6.45, 7) is 8.29. The molecule has 3 amide bonds. The maximum Gasteiger partial charge on any atom is 0.414 e. The van der Waals surface area contributed by atoms with Crippen LogP contribution in [0.4, 0.5) is 21.0 Å². The molecule has 0 spiro atoms. The van der Waals surface area contributed by atoms with Gasteiger partial charge in [-0.25, -0.2) is 9.59 Å². The van der Waals surface area contributed by atoms with Gasteiger partial charge >= 0.3 is 12.2 Å². The number of likely N-dealkylation sites (tertiary alicyclic amines) is 1. The molecule has 0 aliphatic carbocycles. The summed E-state index contributed by atoms with van der Waals surface area (Å²) in [7, 11) is 0. The van der Waals surface area contributed by atoms with E-state index < -0.39 is 5.60 Å². The molecule has 2 N–H and O–H groups in total. The molecule has 10 heteroatoms. The Hall–Kier alpha value is -2.46. The fourth-order valence-electron chi connectivity index (χ4n) is 4.09. The van der Waals surface area contributed by atoms with Crippen LogP contribution in [0.1, 0.15) is 33.6 Å². The molecular formula is C22H30N4O5S. The van der Waals surface area contributed by atoms with E-state index in [1.165, 1.54) is 11.8 Å². The van der Waals surface area contributed by atoms with E-state index in [-0.39, 0.29) is 30.2 Å². The van der Waals surface area contributed by atoms with Crippen LogP contribution in [-0.4, -0.2) is 72.7 Å². The molecule has 3 aliphatic heterocycles. The Morgan fingerprint density at radius 3 is 2.75 bits per heavy atom. The second-order valence-electron chi connectivity index (χ2n) is 9.35. The van der Waals surface area contributed by atoms with Crippen molar-refractivity contribution in [3.8, 4) is 0 Å². The van der Waals surface area contributed by atoms with E-state index >= 15 is 0 Å². The van der Waals surface area contributed by atoms with E-state index in [0.717, 1.165) is 42.2 Å². The lowest BCUT2D eigenvalue weighted by Gasteiger charge is -2.33. The van der Waals surface area contributed by atoms with Crippen molar-refractivity contribution in [2.75, 3.05) is 42.1 Å². The van der Waals surface area contributed by atoms with Crippen molar-refractivity contribution in [2.24, 2.45) is 0 Å². The van der Waals surface area contributed by atoms with Crippen LogP contribution in [0.3, 0.4) is 0 Å². The number of alkyl carbamates (subject to hydrolysis) is 1. The number of nitrogens with zero attached hydrogens (tertiary/aromatic N) is 2. The summed E-state index contributed by atoms with van der Waals surface area (Å²) in [6, 6.07) is 5.74. The number of carbonyl (C=O) groups is 3. The molecule has 0 bridgehead atoms. The molecule has 3 aliphatic rings. The van der Waals surface area contributed by atoms with Crippen LogP contribution in [0, 0.1) is 0 Å². The van der Waals surface area contributed by atoms with Crippen LogP contribution in [0.5, 0.6) is 0 Å². The first-order valence-corrected chi connectivity index (χ1v) is 11.9. The number of cyclic esters (lactones) is 1. The predicted octanol–water partition coefficient (Wildman–Crippen LogP) is 3.05. The summed E-state index contributed by atoms with van der Waals surface area (Å²) in [5, 5.41) is 5.80. The number of benzene rings is 1. The second-order valence-corrected chi connectivity index (χ2v) is 10.4. The zero-order chi connectivity index (χ0) is 22.9. The van der Waals surface area contributed by atoms with Gasteiger partial charge in [0.1, 0.15) is 11.7 Å². The standard InChI is InChI=1S/C22H30N4O5S/c1-22(2,3)31-20(28)23-14-6-8-25(9-7-14)11-16-12-26(21(29)30-16)15-4-5-18-17(10-15)24-19(27)13-32-18/h4-5,10,14,16H,6-9,11-13H2,1-3H3,(H,23,28)(H,24,27). The molecule has 0 saturated carbocycles. The highest BCUT2D eigenvalue weighted by molar-refractivity contribution is 8.00. The Balaban J connectivity index is 1.26. The Bertz CT molecular complexity index is 895. The van der Waals surface area contributed by atoms with Crippen LogP contribution in [0.25, 0.3) is 0 Å². The van der Waals surface area contributed by atoms with Gasteiger partial charge in [0.25, 0.3) is 0 Å². The molecule has 0 aromatic heterocycles. The fraction of sp³-hybridized carbons (Fsp3) is 0.591. The number of carbonyl (C=O) groups excluding carboxylic acids is 3. The van der Waals surface area contributed by atoms with Gasteiger partial charge in [-0.05, 0) is 51.8 Å². The van der Waals surface area contributed by atoms with E-state index in [9.17, 15) is 14.4 Å². The maximum atomic E-state index is 12.5. The molecule has 9 nitrogen and oxygen atoms in total. The molecule has 3 heterocycles. The number of hydrogen-bond acceptors (Lipinski definition) is 7. The van der Waals surface area contributed by atoms with E-state index in [1.54, 1.807) is 4.90 Å². The van der Waals surface area contributed by atoms with Crippen molar-refractivity contribution in [3.05, 3.63) is 18.2 Å². The quantitative estimate of drug-likeness (QED) is 0.709. The van der Waals surface area contributed by atoms with Gasteiger partial charge in [-0.15, -0.1) is 11.8 Å². The maximum absolute atomic E-state index is 12.5. The Labute approximate surface area is 192 Å². The number of hydrogen-bond donors (Lipinski definition) is 2. The average molecular weight is 463 g/mol. The topological polar surface area (TPSA) is 100 Å². The number of piperidine rings is 1. The normalized spacial score (nSPS) is 22.2. The lowest BCUT2D eigenvalue weighted by atomic mass is 10.0. The Kier molecular flexibility index (Phi) is 6.52. The van der Waals surface area contributed by atoms with Gasteiger partial charge < -0.3 is 20.1 Å². The third kappa shape index (κ3) is 5.66. The van der Waals surface area contributed by atoms with Crippen molar-refractivity contribution >= 4 is 41.2 Å². The van der Waals surface area contributed by atoms with Crippen LogP contribution in [0.15, 0.2) is 23.1 Å². The molecular weight excluding hydrogens is 432 g/mol. The van der Waals surface area contributed by atoms with Crippen LogP contribution in [0.2, 0.25) is 0 Å². The summed E-state index contributed by atoms with van der Waals surface area (Å²) >= 11 is 1.49. The average Bonchev–Trinajstić information content (AvgIpc) is 3.07. The first-order chi connectivity index (χ1) is 15.2. The predicted molar refractivity (Wildman–Crippen MR) is 122 cm³/mol. The molecule has 0 radical (unpaired) electrons. The lowest BCUT2D eigenvalue weighted by Crippen LogP contribution is -2.47. The highest BCUT2D eigenvalue weighted by Crippen LogP contribution is 2.35. The Morgan fingerprint density at radius 2 is 2.03 bits per heavy atom. The number of amides is 3. The molecule has 1 aromatic rings. The van der Waals surface area contributed by atoms with Crippen molar-refractivity contribution in [3.63, 3.8) is 0 Å². The van der Waals surface area contributed by atoms with Gasteiger partial charge in [0.15, 0.2) is 0 Å². The van der Waals surface area contributed by atoms with Crippen molar-refractivity contribution < 1.29 is 23.9 Å². The smallest absolute Gasteiger partial charge is 0.414 e. The molecule has 32 heavy (non-hydrogen) atoms. The number of rotatable bonds is 4. The van der Waals surface area contributed by atoms with Crippen LogP contribution < -0.4 is 15.5 Å². The van der Waals surface area contributed by atoms with E-state index in [4.69, 9.17) is 9.47 Å². The summed E-state index contributed by atoms with van der Waals surface area (Å²) in [5.74, 6) is 0.371. The third-order valence-electron chi connectivity index (χ3n) is 5.55. The first-order valence-electron chi connectivity index (χ1n) is 10.9. The van der Waals surface area contributed by atoms with Gasteiger partial charge in [0, 0.05) is 36.3 Å². The SMILES string of the molecule is CC(C)(C)OC(=O)NC1CCN(CC2CN(c3ccc4c(c3)NC(=O)CS4)C(=O)O2)CC1. The zero-order valence-electron chi connectivity index (χ0n) is 18.7. The largest absolute Gasteiger partial charge is 0.444 e. The summed E-state index contributed by atoms with van der Waals surface area (Å²) in [4.78, 5) is 41.0. The van der Waals surface area contributed by atoms with Gasteiger partial charge in [-0.2, -0.15) is 0 Å². The van der Waals surface area contributed by atoms with Gasteiger partial charge in [0.05, 0.1) is 18.0 Å². The monoisotopic (exact) mass is 462 g/mol. The highest BCUT2D eigenvalue weighted by Gasteiger charge is 2.35. The molecule has 2 fully saturated rings. The lowest BCUT2D eigenvalue weighted by molar-refractivity contribution is -0.113. The summed E-state index contributed by atoms with van der Waals surface area (Å²) in [5.41, 5.74) is 0.949. The van der Waals surface area contributed by atoms with E-state index in [0.29, 0.717) is 18.8 Å². The minimum atomic E-state index is -0.508. The zero-order valence-corrected chi connectivity index (χ0v) is 19.5. The van der Waals surface area contributed by atoms with Gasteiger partial charge in [0.2, 0.25) is 5.91 Å². The summed E-state index contributed by atoms with van der Waals surface area (Å²) < 4.78 is 10.9. The molecule has 4 rings (SSSR count). The number of fused-ring (bicyclic) bond motifs is 1. The molecule has 174 valence electrons. The highest BCUT2D eigenvalue weighted by atomic mass is 32.2. The molecule has 1 unspecified atom stereocenters. The fourth-order valence-corrected chi connectivity index (χ4v) is 4.88. The van der Waals surface area contributed by atoms with E-state index in [1.807, 2.05) is 39.0 Å². The number of thioether (sulfide) groups is 1. The Morgan fingerprint density at radius 1 is 1.28 bits per heavy atom. The number of ether oxygens (including phenoxy) is 2. The van der Waals surface area contributed by atoms with Crippen molar-refractivity contribution in [1.82, 2.24) is 10.2 Å². The van der Waals surface area contributed by atoms with Gasteiger partial charge in [-0.1, -0.05) is 0 Å². The minimum Gasteiger partial charge on any atom is -0.444 e. The summed E-state index contributed by atoms with van der Waals surface area (Å²) in [6.07, 6.45) is 0.678. The van der Waals surface area contributed by atoms with Crippen molar-refractivity contribution in [2.45, 2.75) is 56.3 Å². The van der Waals surface area contributed by atoms with Gasteiger partial charge in [-0.3, -0.25) is 14.6 Å². The minimum absolute atomic E-state index is 0.0360. The second kappa shape index (κ2) is 9.19. The first kappa shape index (κ1) is 22.7. The van der Waals surface area contributed by atoms with Crippen LogP contribution >= 0.6 is 11.8 Å². The third-order valence-corrected chi connectivity index (χ3v) is 6.63. The molecule has 2 saturated heterocycles.